The fourth-order valence-electron chi connectivity index (χ4n) is 4.23. The Morgan fingerprint density at radius 2 is 1.16 bits per heavy atom. The summed E-state index contributed by atoms with van der Waals surface area (Å²) in [6.07, 6.45) is 17.2. The predicted molar refractivity (Wildman–Crippen MR) is 134 cm³/mol. The fraction of sp³-hybridized carbons (Fsp3) is 0.704. The van der Waals surface area contributed by atoms with Crippen LogP contribution < -0.4 is 0 Å². The molecule has 2 amide bonds. The average molecular weight is 447 g/mol. The number of carbonyl (C=O) groups is 2. The second kappa shape index (κ2) is 16.0. The SMILES string of the molecule is CCCCCCCCCCCCCCCC(=O)[N+](C)(C)N(C(=O)c1ccccc1)N(C)C. The summed E-state index contributed by atoms with van der Waals surface area (Å²) < 4.78 is -0.0982. The van der Waals surface area contributed by atoms with Crippen LogP contribution in [0.1, 0.15) is 107 Å². The Kier molecular flexibility index (Phi) is 14.1. The smallest absolute Gasteiger partial charge is 0.262 e. The minimum Gasteiger partial charge on any atom is -0.262 e. The van der Waals surface area contributed by atoms with E-state index in [9.17, 15) is 9.59 Å². The first-order chi connectivity index (χ1) is 15.3. The molecule has 0 atom stereocenters. The molecule has 182 valence electrons. The molecule has 0 bridgehead atoms. The highest BCUT2D eigenvalue weighted by atomic mass is 16.2. The average Bonchev–Trinajstić information content (AvgIpc) is 2.77. The molecule has 0 aliphatic heterocycles. The van der Waals surface area contributed by atoms with Crippen LogP contribution in [0.4, 0.5) is 0 Å². The monoisotopic (exact) mass is 446 g/mol. The van der Waals surface area contributed by atoms with Crippen LogP contribution in [0.3, 0.4) is 0 Å². The van der Waals surface area contributed by atoms with Crippen LogP contribution in [0, 0.1) is 0 Å². The zero-order chi connectivity index (χ0) is 23.8. The molecule has 0 unspecified atom stereocenters. The largest absolute Gasteiger partial charge is 0.338 e. The molecule has 0 spiro atoms. The van der Waals surface area contributed by atoms with Crippen molar-refractivity contribution in [3.8, 4) is 0 Å². The highest BCUT2D eigenvalue weighted by Crippen LogP contribution is 2.18. The Balaban J connectivity index is 2.28. The first-order valence-electron chi connectivity index (χ1n) is 12.8. The Hall–Kier alpha value is -1.72. The molecule has 0 radical (unpaired) electrons. The minimum atomic E-state index is -0.167. The summed E-state index contributed by atoms with van der Waals surface area (Å²) in [4.78, 5) is 26.0. The molecule has 32 heavy (non-hydrogen) atoms. The third kappa shape index (κ3) is 10.3. The third-order valence-corrected chi connectivity index (χ3v) is 6.16. The van der Waals surface area contributed by atoms with E-state index in [1.165, 1.54) is 75.7 Å². The third-order valence-electron chi connectivity index (χ3n) is 6.16. The van der Waals surface area contributed by atoms with Gasteiger partial charge in [0, 0.05) is 19.7 Å². The minimum absolute atomic E-state index is 0.0612. The van der Waals surface area contributed by atoms with Gasteiger partial charge in [-0.05, 0) is 18.6 Å². The van der Waals surface area contributed by atoms with Crippen LogP contribution in [0.25, 0.3) is 0 Å². The van der Waals surface area contributed by atoms with Crippen molar-refractivity contribution >= 4 is 11.8 Å². The van der Waals surface area contributed by atoms with Crippen LogP contribution in [0.2, 0.25) is 0 Å². The summed E-state index contributed by atoms with van der Waals surface area (Å²) in [6.45, 7) is 2.27. The van der Waals surface area contributed by atoms with Gasteiger partial charge in [0.15, 0.2) is 0 Å². The van der Waals surface area contributed by atoms with Gasteiger partial charge in [0.25, 0.3) is 0 Å². The molecule has 1 rings (SSSR count). The van der Waals surface area contributed by atoms with Crippen molar-refractivity contribution in [3.05, 3.63) is 35.9 Å². The molecule has 0 aliphatic rings. The highest BCUT2D eigenvalue weighted by Gasteiger charge is 2.39. The van der Waals surface area contributed by atoms with Gasteiger partial charge in [-0.2, -0.15) is 5.01 Å². The first-order valence-corrected chi connectivity index (χ1v) is 12.8. The molecule has 5 heteroatoms. The molecule has 0 aromatic heterocycles. The van der Waals surface area contributed by atoms with Gasteiger partial charge < -0.3 is 0 Å². The Labute approximate surface area is 197 Å². The Morgan fingerprint density at radius 1 is 0.719 bits per heavy atom. The van der Waals surface area contributed by atoms with E-state index in [0.29, 0.717) is 12.0 Å². The Morgan fingerprint density at radius 3 is 1.59 bits per heavy atom. The van der Waals surface area contributed by atoms with Gasteiger partial charge in [-0.25, -0.2) is 4.79 Å². The van der Waals surface area contributed by atoms with Crippen LogP contribution in [0.5, 0.6) is 0 Å². The van der Waals surface area contributed by atoms with E-state index in [0.717, 1.165) is 12.8 Å². The van der Waals surface area contributed by atoms with Crippen LogP contribution in [0.15, 0.2) is 30.3 Å². The molecule has 1 aromatic rings. The number of unbranched alkanes of at least 4 members (excludes halogenated alkanes) is 12. The van der Waals surface area contributed by atoms with Gasteiger partial charge in [0.1, 0.15) is 14.1 Å². The van der Waals surface area contributed by atoms with Crippen molar-refractivity contribution in [3.63, 3.8) is 0 Å². The number of hydrazine groups is 1. The lowest BCUT2D eigenvalue weighted by atomic mass is 10.0. The van der Waals surface area contributed by atoms with E-state index < -0.39 is 0 Å². The number of amides is 2. The summed E-state index contributed by atoms with van der Waals surface area (Å²) in [6, 6.07) is 9.15. The van der Waals surface area contributed by atoms with Crippen molar-refractivity contribution in [2.45, 2.75) is 96.8 Å². The van der Waals surface area contributed by atoms with E-state index in [1.807, 2.05) is 18.2 Å². The fourth-order valence-corrected chi connectivity index (χ4v) is 4.23. The van der Waals surface area contributed by atoms with Gasteiger partial charge in [-0.15, -0.1) is 9.71 Å². The lowest BCUT2D eigenvalue weighted by Crippen LogP contribution is -2.65. The summed E-state index contributed by atoms with van der Waals surface area (Å²) in [7, 11) is 7.20. The second-order valence-electron chi connectivity index (χ2n) is 9.59. The number of nitrogens with zero attached hydrogens (tertiary/aromatic N) is 3. The van der Waals surface area contributed by atoms with E-state index in [1.54, 1.807) is 45.3 Å². The summed E-state index contributed by atoms with van der Waals surface area (Å²) in [5.74, 6) is -0.106. The van der Waals surface area contributed by atoms with E-state index in [4.69, 9.17) is 0 Å². The quantitative estimate of drug-likeness (QED) is 0.163. The zero-order valence-corrected chi connectivity index (χ0v) is 21.4. The first kappa shape index (κ1) is 28.3. The lowest BCUT2D eigenvalue weighted by molar-refractivity contribution is -0.942. The van der Waals surface area contributed by atoms with Gasteiger partial charge >= 0.3 is 11.8 Å². The van der Waals surface area contributed by atoms with E-state index in [2.05, 4.69) is 6.92 Å². The van der Waals surface area contributed by atoms with Crippen molar-refractivity contribution in [1.82, 2.24) is 10.1 Å². The van der Waals surface area contributed by atoms with Crippen molar-refractivity contribution in [2.75, 3.05) is 28.2 Å². The Bertz CT molecular complexity index is 644. The van der Waals surface area contributed by atoms with Crippen molar-refractivity contribution in [1.29, 1.82) is 0 Å². The molecule has 0 fully saturated rings. The van der Waals surface area contributed by atoms with Gasteiger partial charge in [0.2, 0.25) is 0 Å². The van der Waals surface area contributed by atoms with Gasteiger partial charge in [-0.3, -0.25) is 4.79 Å². The zero-order valence-electron chi connectivity index (χ0n) is 21.4. The summed E-state index contributed by atoms with van der Waals surface area (Å²) in [5.41, 5.74) is 0.584. The van der Waals surface area contributed by atoms with Gasteiger partial charge in [0.05, 0.1) is 6.42 Å². The maximum atomic E-state index is 13.0. The molecular formula is C27H48N3O2+. The summed E-state index contributed by atoms with van der Waals surface area (Å²) >= 11 is 0. The molecule has 0 N–H and O–H groups in total. The number of carbonyl (C=O) groups excluding carboxylic acids is 2. The highest BCUT2D eigenvalue weighted by molar-refractivity contribution is 5.93. The topological polar surface area (TPSA) is 40.6 Å². The predicted octanol–water partition coefficient (Wildman–Crippen LogP) is 6.60. The standard InChI is InChI=1S/C27H48N3O2/c1-6-7-8-9-10-11-12-13-14-15-16-17-21-24-26(31)30(4,5)29(28(2)3)27(32)25-22-19-18-20-23-25/h18-20,22-23H,6-17,21,24H2,1-5H3/q+1. The second-order valence-corrected chi connectivity index (χ2v) is 9.59. The number of benzene rings is 1. The number of quaternary nitrogens is 1. The molecule has 0 heterocycles. The molecule has 5 nitrogen and oxygen atoms in total. The summed E-state index contributed by atoms with van der Waals surface area (Å²) in [5, 5.41) is 3.23. The van der Waals surface area contributed by atoms with Gasteiger partial charge in [-0.1, -0.05) is 102 Å². The molecule has 1 aromatic carbocycles. The molecule has 0 aliphatic carbocycles. The lowest BCUT2D eigenvalue weighted by Gasteiger charge is -2.40. The number of hydrogen-bond donors (Lipinski definition) is 0. The molecule has 0 saturated heterocycles. The molecular weight excluding hydrogens is 398 g/mol. The van der Waals surface area contributed by atoms with Crippen molar-refractivity contribution < 1.29 is 14.2 Å². The van der Waals surface area contributed by atoms with Crippen LogP contribution in [-0.2, 0) is 4.79 Å². The maximum Gasteiger partial charge on any atom is 0.338 e. The van der Waals surface area contributed by atoms with Crippen molar-refractivity contribution in [2.24, 2.45) is 0 Å². The number of rotatable bonds is 16. The number of hydrogen-bond acceptors (Lipinski definition) is 3. The molecule has 0 saturated carbocycles. The van der Waals surface area contributed by atoms with Crippen LogP contribution in [-0.4, -0.2) is 54.7 Å². The van der Waals surface area contributed by atoms with E-state index in [-0.39, 0.29) is 16.4 Å². The normalized spacial score (nSPS) is 11.7. The van der Waals surface area contributed by atoms with E-state index >= 15 is 0 Å². The maximum absolute atomic E-state index is 13.0. The van der Waals surface area contributed by atoms with Crippen LogP contribution >= 0.6 is 0 Å².